The monoisotopic (exact) mass is 326 g/mol. The predicted molar refractivity (Wildman–Crippen MR) is 95.3 cm³/mol. The molecule has 2 aromatic rings. The van der Waals surface area contributed by atoms with Crippen LogP contribution in [0.3, 0.4) is 0 Å². The number of carbonyl (C=O) groups is 2. The second kappa shape index (κ2) is 8.15. The predicted octanol–water partition coefficient (Wildman–Crippen LogP) is 3.75. The lowest BCUT2D eigenvalue weighted by Gasteiger charge is -2.17. The van der Waals surface area contributed by atoms with Gasteiger partial charge in [-0.3, -0.25) is 9.59 Å². The Morgan fingerprint density at radius 2 is 1.67 bits per heavy atom. The van der Waals surface area contributed by atoms with Crippen LogP contribution >= 0.6 is 0 Å². The molecule has 0 bridgehead atoms. The fourth-order valence-electron chi connectivity index (χ4n) is 2.20. The molecule has 0 spiro atoms. The molecule has 1 atom stereocenters. The summed E-state index contributed by atoms with van der Waals surface area (Å²) in [5.41, 5.74) is 2.37. The van der Waals surface area contributed by atoms with Crippen LogP contribution in [0.4, 0.5) is 11.4 Å². The van der Waals surface area contributed by atoms with Crippen molar-refractivity contribution in [3.63, 3.8) is 0 Å². The van der Waals surface area contributed by atoms with Crippen molar-refractivity contribution in [2.45, 2.75) is 33.3 Å². The lowest BCUT2D eigenvalue weighted by atomic mass is 10.2. The maximum Gasteiger partial charge on any atom is 0.265 e. The summed E-state index contributed by atoms with van der Waals surface area (Å²) in [4.78, 5) is 23.5. The van der Waals surface area contributed by atoms with Crippen LogP contribution in [0.15, 0.2) is 48.5 Å². The molecule has 2 N–H and O–H groups in total. The van der Waals surface area contributed by atoms with Gasteiger partial charge in [0.05, 0.1) is 0 Å². The van der Waals surface area contributed by atoms with Crippen LogP contribution in [0.2, 0.25) is 0 Å². The van der Waals surface area contributed by atoms with Crippen molar-refractivity contribution < 1.29 is 14.3 Å². The summed E-state index contributed by atoms with van der Waals surface area (Å²) in [6.07, 6.45) is -0.0393. The first-order valence-electron chi connectivity index (χ1n) is 7.89. The third-order valence-corrected chi connectivity index (χ3v) is 3.41. The smallest absolute Gasteiger partial charge is 0.265 e. The molecule has 0 aromatic heterocycles. The van der Waals surface area contributed by atoms with Gasteiger partial charge in [-0.15, -0.1) is 0 Å². The first-order valence-corrected chi connectivity index (χ1v) is 7.89. The van der Waals surface area contributed by atoms with Gasteiger partial charge in [0, 0.05) is 18.3 Å². The number of hydrogen-bond donors (Lipinski definition) is 2. The minimum atomic E-state index is -0.586. The van der Waals surface area contributed by atoms with Gasteiger partial charge < -0.3 is 15.4 Å². The van der Waals surface area contributed by atoms with Crippen LogP contribution in [0.5, 0.6) is 5.75 Å². The molecule has 0 saturated carbocycles. The average Bonchev–Trinajstić information content (AvgIpc) is 2.54. The third kappa shape index (κ3) is 5.12. The van der Waals surface area contributed by atoms with Gasteiger partial charge in [0.25, 0.3) is 5.91 Å². The zero-order valence-electron chi connectivity index (χ0n) is 14.1. The van der Waals surface area contributed by atoms with E-state index in [1.807, 2.05) is 38.1 Å². The number of amides is 2. The molecule has 0 unspecified atom stereocenters. The highest BCUT2D eigenvalue weighted by Gasteiger charge is 2.18. The van der Waals surface area contributed by atoms with Gasteiger partial charge in [-0.2, -0.15) is 0 Å². The topological polar surface area (TPSA) is 67.4 Å². The number of aryl methyl sites for hydroxylation is 1. The Morgan fingerprint density at radius 3 is 2.25 bits per heavy atom. The summed E-state index contributed by atoms with van der Waals surface area (Å²) in [5.74, 6) is 0.278. The van der Waals surface area contributed by atoms with E-state index < -0.39 is 6.10 Å². The Balaban J connectivity index is 2.03. The molecule has 0 aliphatic carbocycles. The lowest BCUT2D eigenvalue weighted by Crippen LogP contribution is -2.32. The van der Waals surface area contributed by atoms with Crippen molar-refractivity contribution in [3.8, 4) is 5.75 Å². The number of anilines is 2. The molecule has 0 aliphatic heterocycles. The summed E-state index contributed by atoms with van der Waals surface area (Å²) in [7, 11) is 0. The molecule has 5 nitrogen and oxygen atoms in total. The Hall–Kier alpha value is -2.82. The maximum absolute atomic E-state index is 12.4. The highest BCUT2D eigenvalue weighted by molar-refractivity contribution is 5.95. The summed E-state index contributed by atoms with van der Waals surface area (Å²) >= 11 is 0. The molecule has 5 heteroatoms. The number of carbonyl (C=O) groups excluding carboxylic acids is 2. The number of nitrogens with one attached hydrogen (secondary N) is 2. The van der Waals surface area contributed by atoms with E-state index in [0.29, 0.717) is 23.5 Å². The number of benzene rings is 2. The highest BCUT2D eigenvalue weighted by Crippen LogP contribution is 2.18. The van der Waals surface area contributed by atoms with E-state index in [0.717, 1.165) is 5.56 Å². The van der Waals surface area contributed by atoms with Gasteiger partial charge in [0.15, 0.2) is 6.10 Å². The van der Waals surface area contributed by atoms with E-state index >= 15 is 0 Å². The summed E-state index contributed by atoms with van der Waals surface area (Å²) in [6, 6.07) is 14.6. The van der Waals surface area contributed by atoms with Crippen molar-refractivity contribution >= 4 is 23.2 Å². The second-order valence-corrected chi connectivity index (χ2v) is 5.58. The van der Waals surface area contributed by atoms with E-state index in [9.17, 15) is 9.59 Å². The van der Waals surface area contributed by atoms with Gasteiger partial charge in [0.1, 0.15) is 5.75 Å². The van der Waals surface area contributed by atoms with E-state index in [1.54, 1.807) is 24.3 Å². The Bertz CT molecular complexity index is 711. The minimum Gasteiger partial charge on any atom is -0.481 e. The Morgan fingerprint density at radius 1 is 1.04 bits per heavy atom. The van der Waals surface area contributed by atoms with Crippen LogP contribution < -0.4 is 15.4 Å². The van der Waals surface area contributed by atoms with Crippen molar-refractivity contribution in [1.82, 2.24) is 0 Å². The largest absolute Gasteiger partial charge is 0.481 e. The molecule has 126 valence electrons. The van der Waals surface area contributed by atoms with Crippen LogP contribution in [0.1, 0.15) is 25.8 Å². The number of rotatable bonds is 6. The maximum atomic E-state index is 12.4. The van der Waals surface area contributed by atoms with Crippen LogP contribution in [-0.4, -0.2) is 17.9 Å². The zero-order chi connectivity index (χ0) is 17.5. The number of ether oxygens (including phenoxy) is 1. The molecule has 2 rings (SSSR count). The van der Waals surface area contributed by atoms with Crippen molar-refractivity contribution in [2.24, 2.45) is 0 Å². The third-order valence-electron chi connectivity index (χ3n) is 3.41. The molecular weight excluding hydrogens is 304 g/mol. The van der Waals surface area contributed by atoms with E-state index in [1.165, 1.54) is 6.92 Å². The van der Waals surface area contributed by atoms with E-state index in [4.69, 9.17) is 4.74 Å². The molecule has 0 fully saturated rings. The molecule has 0 radical (unpaired) electrons. The summed E-state index contributed by atoms with van der Waals surface area (Å²) < 4.78 is 5.77. The normalized spacial score (nSPS) is 11.5. The summed E-state index contributed by atoms with van der Waals surface area (Å²) in [6.45, 7) is 5.33. The first kappa shape index (κ1) is 17.5. The fraction of sp³-hybridized carbons (Fsp3) is 0.263. The van der Waals surface area contributed by atoms with Crippen LogP contribution in [-0.2, 0) is 9.59 Å². The van der Waals surface area contributed by atoms with Gasteiger partial charge in [-0.25, -0.2) is 0 Å². The fourth-order valence-corrected chi connectivity index (χ4v) is 2.20. The average molecular weight is 326 g/mol. The van der Waals surface area contributed by atoms with Gasteiger partial charge in [0.2, 0.25) is 5.91 Å². The molecule has 24 heavy (non-hydrogen) atoms. The lowest BCUT2D eigenvalue weighted by molar-refractivity contribution is -0.122. The zero-order valence-corrected chi connectivity index (χ0v) is 14.1. The first-order chi connectivity index (χ1) is 11.5. The Kier molecular flexibility index (Phi) is 5.95. The quantitative estimate of drug-likeness (QED) is 0.849. The molecule has 2 amide bonds. The second-order valence-electron chi connectivity index (χ2n) is 5.58. The van der Waals surface area contributed by atoms with Crippen molar-refractivity contribution in [3.05, 3.63) is 54.1 Å². The standard InChI is InChI=1S/C19H22N2O3/c1-4-18(24-17-10-8-13(2)9-11-17)19(23)21-16-7-5-6-15(12-16)20-14(3)22/h5-12,18H,4H2,1-3H3,(H,20,22)(H,21,23)/t18-/m1/s1. The SMILES string of the molecule is CC[C@@H](Oc1ccc(C)cc1)C(=O)Nc1cccc(NC(C)=O)c1. The molecule has 0 aliphatic rings. The molecular formula is C19H22N2O3. The van der Waals surface area contributed by atoms with Gasteiger partial charge in [-0.1, -0.05) is 30.7 Å². The van der Waals surface area contributed by atoms with Crippen molar-refractivity contribution in [2.75, 3.05) is 10.6 Å². The van der Waals surface area contributed by atoms with Crippen LogP contribution in [0.25, 0.3) is 0 Å². The highest BCUT2D eigenvalue weighted by atomic mass is 16.5. The van der Waals surface area contributed by atoms with Gasteiger partial charge >= 0.3 is 0 Å². The minimum absolute atomic E-state index is 0.160. The van der Waals surface area contributed by atoms with Crippen LogP contribution in [0, 0.1) is 6.92 Å². The van der Waals surface area contributed by atoms with Crippen molar-refractivity contribution in [1.29, 1.82) is 0 Å². The number of hydrogen-bond acceptors (Lipinski definition) is 3. The summed E-state index contributed by atoms with van der Waals surface area (Å²) in [5, 5.41) is 5.51. The molecule has 2 aromatic carbocycles. The van der Waals surface area contributed by atoms with Gasteiger partial charge in [-0.05, 0) is 43.7 Å². The molecule has 0 saturated heterocycles. The molecule has 0 heterocycles. The van der Waals surface area contributed by atoms with E-state index in [2.05, 4.69) is 10.6 Å². The Labute approximate surface area is 142 Å². The van der Waals surface area contributed by atoms with E-state index in [-0.39, 0.29) is 11.8 Å².